The minimum atomic E-state index is -0.963. The summed E-state index contributed by atoms with van der Waals surface area (Å²) in [5.74, 6) is 0.302. The summed E-state index contributed by atoms with van der Waals surface area (Å²) in [5.41, 5.74) is 0.196. The molecule has 0 aromatic carbocycles. The molecule has 0 saturated heterocycles. The summed E-state index contributed by atoms with van der Waals surface area (Å²) in [6, 6.07) is 3.23. The smallest absolute Gasteiger partial charge is 0.337 e. The van der Waals surface area contributed by atoms with Gasteiger partial charge in [-0.15, -0.1) is 0 Å². The van der Waals surface area contributed by atoms with E-state index in [-0.39, 0.29) is 11.7 Å². The third kappa shape index (κ3) is 3.43. The zero-order chi connectivity index (χ0) is 13.0. The summed E-state index contributed by atoms with van der Waals surface area (Å²) in [6.07, 6.45) is 5.03. The van der Waals surface area contributed by atoms with E-state index in [2.05, 4.69) is 10.3 Å². The Morgan fingerprint density at radius 2 is 2.06 bits per heavy atom. The third-order valence-corrected chi connectivity index (χ3v) is 3.40. The van der Waals surface area contributed by atoms with E-state index >= 15 is 0 Å². The van der Waals surface area contributed by atoms with Crippen molar-refractivity contribution in [1.82, 2.24) is 4.98 Å². The van der Waals surface area contributed by atoms with Crippen molar-refractivity contribution in [3.8, 4) is 0 Å². The zero-order valence-electron chi connectivity index (χ0n) is 10.2. The number of aliphatic hydroxyl groups is 1. The van der Waals surface area contributed by atoms with Gasteiger partial charge in [0.15, 0.2) is 0 Å². The lowest BCUT2D eigenvalue weighted by molar-refractivity contribution is 0.0696. The number of pyridine rings is 1. The summed E-state index contributed by atoms with van der Waals surface area (Å²) < 4.78 is 0. The standard InChI is InChI=1S/C13H18N2O3/c16-11-4-1-9(2-5-11)7-14-12-6-3-10(8-15-12)13(17)18/h3,6,8-9,11,16H,1-2,4-5,7H2,(H,14,15)(H,17,18). The molecule has 1 saturated carbocycles. The van der Waals surface area contributed by atoms with E-state index < -0.39 is 5.97 Å². The van der Waals surface area contributed by atoms with Crippen molar-refractivity contribution < 1.29 is 15.0 Å². The molecule has 18 heavy (non-hydrogen) atoms. The van der Waals surface area contributed by atoms with Crippen LogP contribution in [-0.2, 0) is 0 Å². The highest BCUT2D eigenvalue weighted by Gasteiger charge is 2.19. The maximum atomic E-state index is 10.7. The number of carboxylic acids is 1. The van der Waals surface area contributed by atoms with Crippen LogP contribution in [0, 0.1) is 5.92 Å². The molecule has 1 aromatic heterocycles. The predicted octanol–water partition coefficient (Wildman–Crippen LogP) is 1.74. The van der Waals surface area contributed by atoms with Crippen LogP contribution in [-0.4, -0.2) is 33.8 Å². The first-order chi connectivity index (χ1) is 8.65. The topological polar surface area (TPSA) is 82.5 Å². The fourth-order valence-electron chi connectivity index (χ4n) is 2.22. The van der Waals surface area contributed by atoms with Gasteiger partial charge in [-0.05, 0) is 43.7 Å². The van der Waals surface area contributed by atoms with Crippen molar-refractivity contribution in [1.29, 1.82) is 0 Å². The van der Waals surface area contributed by atoms with Gasteiger partial charge in [0, 0.05) is 12.7 Å². The Kier molecular flexibility index (Phi) is 4.15. The molecule has 0 aliphatic heterocycles. The molecule has 1 aliphatic rings. The number of nitrogens with zero attached hydrogens (tertiary/aromatic N) is 1. The molecule has 2 rings (SSSR count). The summed E-state index contributed by atoms with van der Waals surface area (Å²) in [6.45, 7) is 0.826. The Hall–Kier alpha value is -1.62. The fraction of sp³-hybridized carbons (Fsp3) is 0.538. The predicted molar refractivity (Wildman–Crippen MR) is 67.7 cm³/mol. The van der Waals surface area contributed by atoms with Crippen LogP contribution in [0.5, 0.6) is 0 Å². The number of hydrogen-bond acceptors (Lipinski definition) is 4. The Morgan fingerprint density at radius 1 is 1.33 bits per heavy atom. The summed E-state index contributed by atoms with van der Waals surface area (Å²) in [5, 5.41) is 21.4. The minimum absolute atomic E-state index is 0.130. The van der Waals surface area contributed by atoms with E-state index in [1.54, 1.807) is 12.1 Å². The summed E-state index contributed by atoms with van der Waals surface area (Å²) in [7, 11) is 0. The van der Waals surface area contributed by atoms with Crippen LogP contribution in [0.15, 0.2) is 18.3 Å². The van der Waals surface area contributed by atoms with E-state index in [0.717, 1.165) is 32.2 Å². The molecule has 1 heterocycles. The molecule has 0 atom stereocenters. The van der Waals surface area contributed by atoms with E-state index in [0.29, 0.717) is 11.7 Å². The van der Waals surface area contributed by atoms with Crippen molar-refractivity contribution >= 4 is 11.8 Å². The number of nitrogens with one attached hydrogen (secondary N) is 1. The lowest BCUT2D eigenvalue weighted by Crippen LogP contribution is -2.23. The second-order valence-electron chi connectivity index (χ2n) is 4.79. The molecular weight excluding hydrogens is 232 g/mol. The van der Waals surface area contributed by atoms with Crippen molar-refractivity contribution in [3.63, 3.8) is 0 Å². The van der Waals surface area contributed by atoms with Gasteiger partial charge in [0.1, 0.15) is 5.82 Å². The largest absolute Gasteiger partial charge is 0.478 e. The maximum absolute atomic E-state index is 10.7. The summed E-state index contributed by atoms with van der Waals surface area (Å²) in [4.78, 5) is 14.7. The van der Waals surface area contributed by atoms with E-state index in [9.17, 15) is 9.90 Å². The SMILES string of the molecule is O=C(O)c1ccc(NCC2CCC(O)CC2)nc1. The zero-order valence-corrected chi connectivity index (χ0v) is 10.2. The molecular formula is C13H18N2O3. The first kappa shape index (κ1) is 12.8. The molecule has 5 nitrogen and oxygen atoms in total. The quantitative estimate of drug-likeness (QED) is 0.758. The number of anilines is 1. The number of carboxylic acid groups (broad SMARTS) is 1. The molecule has 1 aliphatic carbocycles. The van der Waals surface area contributed by atoms with Gasteiger partial charge >= 0.3 is 5.97 Å². The van der Waals surface area contributed by atoms with Gasteiger partial charge in [0.2, 0.25) is 0 Å². The molecule has 3 N–H and O–H groups in total. The van der Waals surface area contributed by atoms with Gasteiger partial charge in [-0.1, -0.05) is 0 Å². The van der Waals surface area contributed by atoms with Gasteiger partial charge in [-0.25, -0.2) is 9.78 Å². The first-order valence-corrected chi connectivity index (χ1v) is 6.26. The fourth-order valence-corrected chi connectivity index (χ4v) is 2.22. The van der Waals surface area contributed by atoms with Gasteiger partial charge in [0.05, 0.1) is 11.7 Å². The lowest BCUT2D eigenvalue weighted by atomic mass is 9.87. The van der Waals surface area contributed by atoms with Crippen molar-refractivity contribution in [2.75, 3.05) is 11.9 Å². The Labute approximate surface area is 106 Å². The third-order valence-electron chi connectivity index (χ3n) is 3.40. The number of aromatic carboxylic acids is 1. The van der Waals surface area contributed by atoms with Crippen molar-refractivity contribution in [2.24, 2.45) is 5.92 Å². The number of aliphatic hydroxyl groups excluding tert-OH is 1. The van der Waals surface area contributed by atoms with Crippen LogP contribution in [0.4, 0.5) is 5.82 Å². The van der Waals surface area contributed by atoms with E-state index in [1.807, 2.05) is 0 Å². The van der Waals surface area contributed by atoms with Crippen LogP contribution in [0.2, 0.25) is 0 Å². The monoisotopic (exact) mass is 250 g/mol. The average Bonchev–Trinajstić information content (AvgIpc) is 2.38. The molecule has 0 unspecified atom stereocenters. The molecule has 1 aromatic rings. The number of aromatic nitrogens is 1. The normalized spacial score (nSPS) is 23.6. The highest BCUT2D eigenvalue weighted by Crippen LogP contribution is 2.24. The number of carbonyl (C=O) groups is 1. The van der Waals surface area contributed by atoms with Crippen LogP contribution < -0.4 is 5.32 Å². The maximum Gasteiger partial charge on any atom is 0.337 e. The van der Waals surface area contributed by atoms with Gasteiger partial charge in [0.25, 0.3) is 0 Å². The Morgan fingerprint density at radius 3 is 2.61 bits per heavy atom. The van der Waals surface area contributed by atoms with Crippen molar-refractivity contribution in [2.45, 2.75) is 31.8 Å². The minimum Gasteiger partial charge on any atom is -0.478 e. The van der Waals surface area contributed by atoms with Crippen molar-refractivity contribution in [3.05, 3.63) is 23.9 Å². The number of rotatable bonds is 4. The Bertz CT molecular complexity index is 397. The molecule has 98 valence electrons. The number of hydrogen-bond donors (Lipinski definition) is 3. The van der Waals surface area contributed by atoms with Crippen LogP contribution in [0.25, 0.3) is 0 Å². The Balaban J connectivity index is 1.81. The average molecular weight is 250 g/mol. The van der Waals surface area contributed by atoms with Gasteiger partial charge in [-0.3, -0.25) is 0 Å². The van der Waals surface area contributed by atoms with Gasteiger partial charge < -0.3 is 15.5 Å². The summed E-state index contributed by atoms with van der Waals surface area (Å²) >= 11 is 0. The van der Waals surface area contributed by atoms with Gasteiger partial charge in [-0.2, -0.15) is 0 Å². The highest BCUT2D eigenvalue weighted by molar-refractivity contribution is 5.87. The van der Waals surface area contributed by atoms with E-state index in [1.165, 1.54) is 6.20 Å². The molecule has 5 heteroatoms. The molecule has 0 radical (unpaired) electrons. The van der Waals surface area contributed by atoms with E-state index in [4.69, 9.17) is 5.11 Å². The van der Waals surface area contributed by atoms with Crippen LogP contribution in [0.3, 0.4) is 0 Å². The second kappa shape index (κ2) is 5.82. The molecule has 0 amide bonds. The lowest BCUT2D eigenvalue weighted by Gasteiger charge is -2.25. The van der Waals surface area contributed by atoms with Crippen LogP contribution >= 0.6 is 0 Å². The first-order valence-electron chi connectivity index (χ1n) is 6.26. The highest BCUT2D eigenvalue weighted by atomic mass is 16.4. The van der Waals surface area contributed by atoms with Crippen LogP contribution in [0.1, 0.15) is 36.0 Å². The second-order valence-corrected chi connectivity index (χ2v) is 4.79. The molecule has 0 spiro atoms. The molecule has 1 fully saturated rings. The molecule has 0 bridgehead atoms.